The standard InChI is InChI=1S/C34H37ClF2N2O3/c1-20-4-3-5-23(21(20)2)19-39(25-8-9-25)34(40)31-27(16-24-17-38-18-28(24)31)22-6-10-26(11-7-22)41-14-15-42-33-30(37)13-12-29(36)32(33)35/h3-7,10-13,24-25,27-28,31,38H,8-9,14-19H2,1-2H3/t24-,27+,28+,31+/m1/s1. The van der Waals surface area contributed by atoms with E-state index in [2.05, 4.69) is 54.4 Å². The number of halogens is 3. The summed E-state index contributed by atoms with van der Waals surface area (Å²) in [5.41, 5.74) is 4.92. The Balaban J connectivity index is 1.14. The predicted molar refractivity (Wildman–Crippen MR) is 159 cm³/mol. The first-order chi connectivity index (χ1) is 20.3. The monoisotopic (exact) mass is 594 g/mol. The molecule has 2 saturated carbocycles. The molecule has 2 aliphatic carbocycles. The number of ether oxygens (including phenoxy) is 2. The minimum absolute atomic E-state index is 0.00875. The van der Waals surface area contributed by atoms with E-state index in [-0.39, 0.29) is 35.8 Å². The van der Waals surface area contributed by atoms with E-state index in [1.807, 2.05) is 12.1 Å². The van der Waals surface area contributed by atoms with Gasteiger partial charge in [-0.05, 0) is 110 Å². The van der Waals surface area contributed by atoms with Crippen LogP contribution in [-0.4, -0.2) is 43.2 Å². The summed E-state index contributed by atoms with van der Waals surface area (Å²) in [4.78, 5) is 16.6. The van der Waals surface area contributed by atoms with Crippen molar-refractivity contribution in [3.05, 3.63) is 93.5 Å². The molecular formula is C34H37ClF2N2O3. The Morgan fingerprint density at radius 2 is 1.71 bits per heavy atom. The van der Waals surface area contributed by atoms with Crippen molar-refractivity contribution in [1.29, 1.82) is 0 Å². The second kappa shape index (κ2) is 12.2. The van der Waals surface area contributed by atoms with Crippen molar-refractivity contribution in [1.82, 2.24) is 10.2 Å². The van der Waals surface area contributed by atoms with Gasteiger partial charge in [0, 0.05) is 18.5 Å². The van der Waals surface area contributed by atoms with E-state index in [9.17, 15) is 13.6 Å². The second-order valence-electron chi connectivity index (χ2n) is 11.9. The van der Waals surface area contributed by atoms with Gasteiger partial charge < -0.3 is 19.7 Å². The maximum absolute atomic E-state index is 14.4. The van der Waals surface area contributed by atoms with E-state index < -0.39 is 11.6 Å². The van der Waals surface area contributed by atoms with Crippen molar-refractivity contribution in [2.75, 3.05) is 26.3 Å². The lowest BCUT2D eigenvalue weighted by Crippen LogP contribution is -2.41. The number of hydrogen-bond donors (Lipinski definition) is 1. The van der Waals surface area contributed by atoms with E-state index in [0.29, 0.717) is 36.1 Å². The number of carbonyl (C=O) groups is 1. The van der Waals surface area contributed by atoms with Crippen LogP contribution in [0.2, 0.25) is 5.02 Å². The van der Waals surface area contributed by atoms with Crippen molar-refractivity contribution in [2.24, 2.45) is 17.8 Å². The van der Waals surface area contributed by atoms with Gasteiger partial charge in [0.05, 0.1) is 0 Å². The molecule has 1 N–H and O–H groups in total. The highest BCUT2D eigenvalue weighted by molar-refractivity contribution is 6.32. The van der Waals surface area contributed by atoms with Crippen LogP contribution in [0.5, 0.6) is 11.5 Å². The molecule has 8 heteroatoms. The molecule has 4 atom stereocenters. The van der Waals surface area contributed by atoms with Crippen LogP contribution in [-0.2, 0) is 11.3 Å². The van der Waals surface area contributed by atoms with Crippen LogP contribution in [0.3, 0.4) is 0 Å². The van der Waals surface area contributed by atoms with Crippen molar-refractivity contribution in [3.8, 4) is 11.5 Å². The zero-order valence-corrected chi connectivity index (χ0v) is 24.8. The highest BCUT2D eigenvalue weighted by Crippen LogP contribution is 2.50. The number of rotatable bonds is 10. The molecule has 0 spiro atoms. The molecule has 1 saturated heterocycles. The Hall–Kier alpha value is -3.16. The van der Waals surface area contributed by atoms with Crippen LogP contribution < -0.4 is 14.8 Å². The fraction of sp³-hybridized carbons (Fsp3) is 0.441. The van der Waals surface area contributed by atoms with Gasteiger partial charge in [0.25, 0.3) is 0 Å². The maximum atomic E-state index is 14.4. The lowest BCUT2D eigenvalue weighted by molar-refractivity contribution is -0.138. The van der Waals surface area contributed by atoms with Gasteiger partial charge in [-0.15, -0.1) is 0 Å². The van der Waals surface area contributed by atoms with Crippen LogP contribution in [0, 0.1) is 43.2 Å². The van der Waals surface area contributed by atoms with Gasteiger partial charge in [-0.2, -0.15) is 0 Å². The molecule has 0 unspecified atom stereocenters. The summed E-state index contributed by atoms with van der Waals surface area (Å²) in [5.74, 6) is 0.0987. The summed E-state index contributed by atoms with van der Waals surface area (Å²) in [6.07, 6.45) is 3.15. The number of nitrogens with zero attached hydrogens (tertiary/aromatic N) is 1. The molecule has 0 bridgehead atoms. The van der Waals surface area contributed by atoms with E-state index in [4.69, 9.17) is 21.1 Å². The average Bonchev–Trinajstić information content (AvgIpc) is 3.61. The van der Waals surface area contributed by atoms with Gasteiger partial charge in [-0.1, -0.05) is 41.9 Å². The van der Waals surface area contributed by atoms with Crippen LogP contribution in [0.1, 0.15) is 47.4 Å². The molecule has 222 valence electrons. The average molecular weight is 595 g/mol. The summed E-state index contributed by atoms with van der Waals surface area (Å²) >= 11 is 5.83. The second-order valence-corrected chi connectivity index (χ2v) is 12.3. The highest BCUT2D eigenvalue weighted by atomic mass is 35.5. The number of carbonyl (C=O) groups excluding carboxylic acids is 1. The summed E-state index contributed by atoms with van der Waals surface area (Å²) in [7, 11) is 0. The summed E-state index contributed by atoms with van der Waals surface area (Å²) in [5, 5.41) is 3.16. The van der Waals surface area contributed by atoms with E-state index >= 15 is 0 Å². The fourth-order valence-electron chi connectivity index (χ4n) is 6.79. The molecule has 1 amide bonds. The normalized spacial score (nSPS) is 23.1. The number of benzene rings is 3. The Bertz CT molecular complexity index is 1450. The van der Waals surface area contributed by atoms with Crippen molar-refractivity contribution < 1.29 is 23.0 Å². The Kier molecular flexibility index (Phi) is 8.42. The van der Waals surface area contributed by atoms with E-state index in [0.717, 1.165) is 50.0 Å². The van der Waals surface area contributed by atoms with Crippen LogP contribution in [0.15, 0.2) is 54.6 Å². The third-order valence-corrected chi connectivity index (χ3v) is 9.72. The molecule has 3 aromatic rings. The third kappa shape index (κ3) is 5.86. The van der Waals surface area contributed by atoms with E-state index in [1.54, 1.807) is 0 Å². The molecular weight excluding hydrogens is 558 g/mol. The Morgan fingerprint density at radius 3 is 2.48 bits per heavy atom. The SMILES string of the molecule is Cc1cccc(CN(C(=O)[C@@H]2[C@H]3CNC[C@H]3C[C@H]2c2ccc(OCCOc3c(F)ccc(F)c3Cl)cc2)C2CC2)c1C. The van der Waals surface area contributed by atoms with Gasteiger partial charge in [-0.3, -0.25) is 4.79 Å². The lowest BCUT2D eigenvalue weighted by Gasteiger charge is -2.32. The van der Waals surface area contributed by atoms with Crippen molar-refractivity contribution in [2.45, 2.75) is 51.6 Å². The molecule has 0 aromatic heterocycles. The van der Waals surface area contributed by atoms with Crippen molar-refractivity contribution in [3.63, 3.8) is 0 Å². The van der Waals surface area contributed by atoms with Gasteiger partial charge in [0.1, 0.15) is 29.8 Å². The molecule has 6 rings (SSSR count). The molecule has 5 nitrogen and oxygen atoms in total. The van der Waals surface area contributed by atoms with Crippen LogP contribution in [0.4, 0.5) is 8.78 Å². The molecule has 3 aromatic carbocycles. The van der Waals surface area contributed by atoms with Gasteiger partial charge in [0.2, 0.25) is 5.91 Å². The topological polar surface area (TPSA) is 50.8 Å². The Morgan fingerprint density at radius 1 is 0.976 bits per heavy atom. The number of amides is 1. The largest absolute Gasteiger partial charge is 0.490 e. The fourth-order valence-corrected chi connectivity index (χ4v) is 7.00. The zero-order chi connectivity index (χ0) is 29.4. The van der Waals surface area contributed by atoms with Crippen LogP contribution in [0.25, 0.3) is 0 Å². The minimum atomic E-state index is -0.737. The first kappa shape index (κ1) is 28.9. The quantitative estimate of drug-likeness (QED) is 0.207. The number of hydrogen-bond acceptors (Lipinski definition) is 4. The molecule has 42 heavy (non-hydrogen) atoms. The van der Waals surface area contributed by atoms with Gasteiger partial charge >= 0.3 is 0 Å². The summed E-state index contributed by atoms with van der Waals surface area (Å²) in [6.45, 7) is 6.95. The van der Waals surface area contributed by atoms with Crippen LogP contribution >= 0.6 is 11.6 Å². The first-order valence-electron chi connectivity index (χ1n) is 14.9. The van der Waals surface area contributed by atoms with Gasteiger partial charge in [0.15, 0.2) is 11.6 Å². The molecule has 1 aliphatic heterocycles. The molecule has 3 aliphatic rings. The number of nitrogens with one attached hydrogen (secondary N) is 1. The first-order valence-corrected chi connectivity index (χ1v) is 15.2. The molecule has 3 fully saturated rings. The molecule has 0 radical (unpaired) electrons. The van der Waals surface area contributed by atoms with Gasteiger partial charge in [-0.25, -0.2) is 8.78 Å². The van der Waals surface area contributed by atoms with E-state index in [1.165, 1.54) is 16.7 Å². The van der Waals surface area contributed by atoms with Crippen molar-refractivity contribution >= 4 is 17.5 Å². The smallest absolute Gasteiger partial charge is 0.227 e. The summed E-state index contributed by atoms with van der Waals surface area (Å²) in [6, 6.07) is 16.6. The zero-order valence-electron chi connectivity index (χ0n) is 24.0. The molecule has 1 heterocycles. The predicted octanol–water partition coefficient (Wildman–Crippen LogP) is 6.82. The lowest BCUT2D eigenvalue weighted by atomic mass is 9.83. The maximum Gasteiger partial charge on any atom is 0.227 e. The number of aryl methyl sites for hydroxylation is 1. The number of fused-ring (bicyclic) bond motifs is 1. The third-order valence-electron chi connectivity index (χ3n) is 9.37. The highest BCUT2D eigenvalue weighted by Gasteiger charge is 2.51. The minimum Gasteiger partial charge on any atom is -0.490 e. The Labute approximate surface area is 251 Å². The summed E-state index contributed by atoms with van der Waals surface area (Å²) < 4.78 is 38.7.